The van der Waals surface area contributed by atoms with Gasteiger partial charge in [-0.05, 0) is 32.0 Å². The molecule has 0 radical (unpaired) electrons. The van der Waals surface area contributed by atoms with E-state index in [1.54, 1.807) is 6.26 Å². The van der Waals surface area contributed by atoms with E-state index >= 15 is 0 Å². The third kappa shape index (κ3) is 3.30. The molecule has 1 amide bonds. The number of amides is 1. The highest BCUT2D eigenvalue weighted by molar-refractivity contribution is 7.17. The van der Waals surface area contributed by atoms with E-state index in [9.17, 15) is 4.79 Å². The quantitative estimate of drug-likeness (QED) is 0.760. The van der Waals surface area contributed by atoms with Crippen molar-refractivity contribution in [3.8, 4) is 22.0 Å². The monoisotopic (exact) mass is 367 g/mol. The molecule has 26 heavy (non-hydrogen) atoms. The minimum atomic E-state index is 0.0636. The molecule has 0 atom stereocenters. The van der Waals surface area contributed by atoms with Crippen LogP contribution in [0.1, 0.15) is 22.5 Å². The SMILES string of the molecule is CNC1CCN(C(=O)c2sc(-c3ccco3)nc2-c2ccccc2)CC1. The molecule has 0 spiro atoms. The summed E-state index contributed by atoms with van der Waals surface area (Å²) in [6.07, 6.45) is 3.59. The number of likely N-dealkylation sites (tertiary alicyclic amines) is 1. The Morgan fingerprint density at radius 1 is 1.19 bits per heavy atom. The summed E-state index contributed by atoms with van der Waals surface area (Å²) in [5.74, 6) is 0.758. The fourth-order valence-electron chi connectivity index (χ4n) is 3.28. The van der Waals surface area contributed by atoms with Gasteiger partial charge >= 0.3 is 0 Å². The zero-order valence-corrected chi connectivity index (χ0v) is 15.5. The summed E-state index contributed by atoms with van der Waals surface area (Å²) in [7, 11) is 1.98. The first-order valence-electron chi connectivity index (χ1n) is 8.83. The molecule has 134 valence electrons. The van der Waals surface area contributed by atoms with Gasteiger partial charge in [-0.1, -0.05) is 30.3 Å². The number of carbonyl (C=O) groups is 1. The lowest BCUT2D eigenvalue weighted by atomic mass is 10.0. The zero-order chi connectivity index (χ0) is 17.9. The van der Waals surface area contributed by atoms with Crippen molar-refractivity contribution in [2.24, 2.45) is 0 Å². The number of piperidine rings is 1. The van der Waals surface area contributed by atoms with Gasteiger partial charge in [0.15, 0.2) is 10.8 Å². The number of hydrogen-bond acceptors (Lipinski definition) is 5. The summed E-state index contributed by atoms with van der Waals surface area (Å²) in [4.78, 5) is 20.6. The first-order chi connectivity index (χ1) is 12.8. The Bertz CT molecular complexity index is 866. The molecule has 1 saturated heterocycles. The van der Waals surface area contributed by atoms with Crippen molar-refractivity contribution >= 4 is 17.2 Å². The van der Waals surface area contributed by atoms with Gasteiger partial charge in [-0.15, -0.1) is 11.3 Å². The molecule has 1 aliphatic heterocycles. The minimum Gasteiger partial charge on any atom is -0.462 e. The van der Waals surface area contributed by atoms with Crippen molar-refractivity contribution in [1.82, 2.24) is 15.2 Å². The average Bonchev–Trinajstić information content (AvgIpc) is 3.38. The van der Waals surface area contributed by atoms with Crippen LogP contribution in [0.3, 0.4) is 0 Å². The number of nitrogens with zero attached hydrogens (tertiary/aromatic N) is 2. The Kier molecular flexibility index (Phi) is 4.86. The van der Waals surface area contributed by atoms with E-state index in [1.807, 2.05) is 54.4 Å². The van der Waals surface area contributed by atoms with Crippen LogP contribution in [-0.2, 0) is 0 Å². The number of nitrogens with one attached hydrogen (secondary N) is 1. The Hall–Kier alpha value is -2.44. The van der Waals surface area contributed by atoms with E-state index in [0.717, 1.165) is 42.2 Å². The molecule has 0 bridgehead atoms. The normalized spacial score (nSPS) is 15.3. The molecule has 5 nitrogen and oxygen atoms in total. The van der Waals surface area contributed by atoms with Gasteiger partial charge in [0.2, 0.25) is 0 Å². The Morgan fingerprint density at radius 3 is 2.62 bits per heavy atom. The molecular formula is C20H21N3O2S. The van der Waals surface area contributed by atoms with Crippen LogP contribution in [0.4, 0.5) is 0 Å². The molecule has 0 aliphatic carbocycles. The second-order valence-corrected chi connectivity index (χ2v) is 7.39. The summed E-state index contributed by atoms with van der Waals surface area (Å²) in [6, 6.07) is 14.1. The van der Waals surface area contributed by atoms with Crippen LogP contribution in [0.2, 0.25) is 0 Å². The van der Waals surface area contributed by atoms with Crippen LogP contribution in [0, 0.1) is 0 Å². The maximum absolute atomic E-state index is 13.2. The third-order valence-electron chi connectivity index (χ3n) is 4.79. The molecule has 3 aromatic rings. The lowest BCUT2D eigenvalue weighted by Crippen LogP contribution is -2.43. The van der Waals surface area contributed by atoms with Gasteiger partial charge in [-0.2, -0.15) is 0 Å². The number of rotatable bonds is 4. The van der Waals surface area contributed by atoms with E-state index in [-0.39, 0.29) is 5.91 Å². The van der Waals surface area contributed by atoms with Gasteiger partial charge in [-0.3, -0.25) is 4.79 Å². The Morgan fingerprint density at radius 2 is 1.96 bits per heavy atom. The van der Waals surface area contributed by atoms with Crippen molar-refractivity contribution < 1.29 is 9.21 Å². The Labute approximate surface area is 156 Å². The molecule has 6 heteroatoms. The Balaban J connectivity index is 1.69. The topological polar surface area (TPSA) is 58.4 Å². The van der Waals surface area contributed by atoms with Crippen molar-refractivity contribution in [1.29, 1.82) is 0 Å². The van der Waals surface area contributed by atoms with E-state index in [4.69, 9.17) is 9.40 Å². The van der Waals surface area contributed by atoms with Gasteiger partial charge in [0.1, 0.15) is 4.88 Å². The smallest absolute Gasteiger partial charge is 0.266 e. The maximum Gasteiger partial charge on any atom is 0.266 e. The lowest BCUT2D eigenvalue weighted by Gasteiger charge is -2.31. The zero-order valence-electron chi connectivity index (χ0n) is 14.6. The van der Waals surface area contributed by atoms with Crippen molar-refractivity contribution in [3.63, 3.8) is 0 Å². The van der Waals surface area contributed by atoms with Gasteiger partial charge in [0.25, 0.3) is 5.91 Å². The number of hydrogen-bond donors (Lipinski definition) is 1. The van der Waals surface area contributed by atoms with Gasteiger partial charge in [0, 0.05) is 24.7 Å². The predicted octanol–water partition coefficient (Wildman–Crippen LogP) is 3.89. The standard InChI is InChI=1S/C20H21N3O2S/c1-21-15-9-11-23(12-10-15)20(24)18-17(14-6-3-2-4-7-14)22-19(26-18)16-8-5-13-25-16/h2-8,13,15,21H,9-12H2,1H3. The minimum absolute atomic E-state index is 0.0636. The summed E-state index contributed by atoms with van der Waals surface area (Å²) in [5.41, 5.74) is 1.69. The highest BCUT2D eigenvalue weighted by Gasteiger charge is 2.28. The van der Waals surface area contributed by atoms with Crippen LogP contribution in [0.25, 0.3) is 22.0 Å². The highest BCUT2D eigenvalue weighted by Crippen LogP contribution is 2.35. The lowest BCUT2D eigenvalue weighted by molar-refractivity contribution is 0.0713. The largest absolute Gasteiger partial charge is 0.462 e. The van der Waals surface area contributed by atoms with Gasteiger partial charge in [-0.25, -0.2) is 4.98 Å². The molecule has 0 unspecified atom stereocenters. The van der Waals surface area contributed by atoms with Crippen LogP contribution in [-0.4, -0.2) is 42.0 Å². The number of benzene rings is 1. The summed E-state index contributed by atoms with van der Waals surface area (Å²) >= 11 is 1.41. The van der Waals surface area contributed by atoms with E-state index in [1.165, 1.54) is 11.3 Å². The van der Waals surface area contributed by atoms with Crippen LogP contribution >= 0.6 is 11.3 Å². The number of furan rings is 1. The van der Waals surface area contributed by atoms with Gasteiger partial charge in [0.05, 0.1) is 12.0 Å². The number of carbonyl (C=O) groups excluding carboxylic acids is 1. The first kappa shape index (κ1) is 17.0. The second-order valence-electron chi connectivity index (χ2n) is 6.40. The molecule has 1 aromatic carbocycles. The molecule has 3 heterocycles. The molecule has 1 fully saturated rings. The number of thiazole rings is 1. The molecule has 2 aromatic heterocycles. The number of aromatic nitrogens is 1. The van der Waals surface area contributed by atoms with Crippen molar-refractivity contribution in [2.45, 2.75) is 18.9 Å². The van der Waals surface area contributed by atoms with Gasteiger partial charge < -0.3 is 14.6 Å². The van der Waals surface area contributed by atoms with Crippen molar-refractivity contribution in [2.75, 3.05) is 20.1 Å². The highest BCUT2D eigenvalue weighted by atomic mass is 32.1. The van der Waals surface area contributed by atoms with E-state index in [0.29, 0.717) is 16.7 Å². The van der Waals surface area contributed by atoms with Crippen LogP contribution in [0.5, 0.6) is 0 Å². The average molecular weight is 367 g/mol. The van der Waals surface area contributed by atoms with Crippen molar-refractivity contribution in [3.05, 3.63) is 53.6 Å². The second kappa shape index (κ2) is 7.43. The molecule has 4 rings (SSSR count). The molecule has 0 saturated carbocycles. The molecular weight excluding hydrogens is 346 g/mol. The molecule has 1 N–H and O–H groups in total. The fourth-order valence-corrected chi connectivity index (χ4v) is 4.30. The maximum atomic E-state index is 13.2. The van der Waals surface area contributed by atoms with Crippen LogP contribution < -0.4 is 5.32 Å². The van der Waals surface area contributed by atoms with E-state index < -0.39 is 0 Å². The summed E-state index contributed by atoms with van der Waals surface area (Å²) < 4.78 is 5.49. The van der Waals surface area contributed by atoms with E-state index in [2.05, 4.69) is 5.32 Å². The first-order valence-corrected chi connectivity index (χ1v) is 9.64. The third-order valence-corrected chi connectivity index (χ3v) is 5.85. The summed E-state index contributed by atoms with van der Waals surface area (Å²) in [6.45, 7) is 1.54. The van der Waals surface area contributed by atoms with Crippen LogP contribution in [0.15, 0.2) is 53.1 Å². The molecule has 1 aliphatic rings. The fraction of sp³-hybridized carbons (Fsp3) is 0.300. The predicted molar refractivity (Wildman–Crippen MR) is 103 cm³/mol. The summed E-state index contributed by atoms with van der Waals surface area (Å²) in [5, 5.41) is 4.04.